The van der Waals surface area contributed by atoms with E-state index in [1.807, 2.05) is 0 Å². The van der Waals surface area contributed by atoms with Crippen molar-refractivity contribution in [3.63, 3.8) is 0 Å². The van der Waals surface area contributed by atoms with Crippen LogP contribution in [0.2, 0.25) is 0 Å². The van der Waals surface area contributed by atoms with E-state index >= 15 is 0 Å². The molecule has 0 spiro atoms. The van der Waals surface area contributed by atoms with Crippen LogP contribution in [0.25, 0.3) is 11.0 Å². The molecule has 2 atom stereocenters. The molecule has 0 radical (unpaired) electrons. The third kappa shape index (κ3) is 3.79. The maximum atomic E-state index is 5.04. The van der Waals surface area contributed by atoms with Gasteiger partial charge < -0.3 is 14.8 Å². The van der Waals surface area contributed by atoms with E-state index in [2.05, 4.69) is 59.8 Å². The van der Waals surface area contributed by atoms with Crippen molar-refractivity contribution < 1.29 is 0 Å². The summed E-state index contributed by atoms with van der Waals surface area (Å²) in [6, 6.07) is 10.0. The Morgan fingerprint density at radius 1 is 1.15 bits per heavy atom. The summed E-state index contributed by atoms with van der Waals surface area (Å²) in [7, 11) is 0. The highest BCUT2D eigenvalue weighted by Gasteiger charge is 2.31. The summed E-state index contributed by atoms with van der Waals surface area (Å²) in [4.78, 5) is 7.77. The highest BCUT2D eigenvalue weighted by molar-refractivity contribution is 5.76. The molecular formula is C23H36N4. The highest BCUT2D eigenvalue weighted by atomic mass is 15.2. The average Bonchev–Trinajstić information content (AvgIpc) is 3.03. The molecule has 2 aliphatic heterocycles. The van der Waals surface area contributed by atoms with Crippen LogP contribution in [-0.2, 0) is 0 Å². The summed E-state index contributed by atoms with van der Waals surface area (Å²) in [5.41, 5.74) is 2.51. The summed E-state index contributed by atoms with van der Waals surface area (Å²) in [5.74, 6) is 2.70. The molecule has 2 fully saturated rings. The average molecular weight is 369 g/mol. The number of benzene rings is 1. The number of aromatic nitrogens is 2. The van der Waals surface area contributed by atoms with E-state index in [0.29, 0.717) is 18.0 Å². The number of unbranched alkanes of at least 4 members (excludes halogenated alkanes) is 1. The third-order valence-corrected chi connectivity index (χ3v) is 7.05. The van der Waals surface area contributed by atoms with E-state index < -0.39 is 0 Å². The Morgan fingerprint density at radius 3 is 2.56 bits per heavy atom. The van der Waals surface area contributed by atoms with Gasteiger partial charge in [-0.2, -0.15) is 0 Å². The Hall–Kier alpha value is -1.39. The van der Waals surface area contributed by atoms with Crippen molar-refractivity contribution in [1.29, 1.82) is 0 Å². The van der Waals surface area contributed by atoms with Crippen molar-refractivity contribution in [1.82, 2.24) is 19.8 Å². The number of nitrogens with one attached hydrogen (secondary N) is 1. The lowest BCUT2D eigenvalue weighted by atomic mass is 9.93. The lowest BCUT2D eigenvalue weighted by Gasteiger charge is -2.40. The second-order valence-electron chi connectivity index (χ2n) is 8.81. The summed E-state index contributed by atoms with van der Waals surface area (Å²) in [6.45, 7) is 11.8. The fourth-order valence-corrected chi connectivity index (χ4v) is 4.88. The second kappa shape index (κ2) is 8.32. The first kappa shape index (κ1) is 18.9. The zero-order chi connectivity index (χ0) is 18.8. The lowest BCUT2D eigenvalue weighted by molar-refractivity contribution is 0.107. The number of hydrogen-bond donors (Lipinski definition) is 1. The van der Waals surface area contributed by atoms with Gasteiger partial charge in [-0.3, -0.25) is 0 Å². The predicted octanol–water partition coefficient (Wildman–Crippen LogP) is 4.57. The van der Waals surface area contributed by atoms with Gasteiger partial charge in [0.25, 0.3) is 0 Å². The zero-order valence-corrected chi connectivity index (χ0v) is 17.3. The molecule has 1 aromatic carbocycles. The minimum atomic E-state index is 0.586. The summed E-state index contributed by atoms with van der Waals surface area (Å²) < 4.78 is 2.60. The zero-order valence-electron chi connectivity index (χ0n) is 17.3. The maximum Gasteiger partial charge on any atom is 0.115 e. The first-order valence-electron chi connectivity index (χ1n) is 11.1. The molecule has 27 heavy (non-hydrogen) atoms. The van der Waals surface area contributed by atoms with Gasteiger partial charge >= 0.3 is 0 Å². The van der Waals surface area contributed by atoms with Gasteiger partial charge in [-0.1, -0.05) is 38.8 Å². The van der Waals surface area contributed by atoms with Crippen LogP contribution >= 0.6 is 0 Å². The van der Waals surface area contributed by atoms with Crippen molar-refractivity contribution in [2.75, 3.05) is 26.2 Å². The topological polar surface area (TPSA) is 33.1 Å². The van der Waals surface area contributed by atoms with E-state index in [1.54, 1.807) is 0 Å². The Bertz CT molecular complexity index is 740. The molecule has 4 heteroatoms. The summed E-state index contributed by atoms with van der Waals surface area (Å²) in [6.07, 6.45) is 6.53. The SMILES string of the molecule is CCCCC(C)[C@H](C)N1CCC(n2c(C3CNC3)nc3ccccc32)CC1. The van der Waals surface area contributed by atoms with Gasteiger partial charge in [0.15, 0.2) is 0 Å². The van der Waals surface area contributed by atoms with Crippen molar-refractivity contribution >= 4 is 11.0 Å². The number of piperidine rings is 1. The molecule has 3 heterocycles. The van der Waals surface area contributed by atoms with E-state index in [0.717, 1.165) is 19.0 Å². The van der Waals surface area contributed by atoms with Crippen LogP contribution in [0.15, 0.2) is 24.3 Å². The van der Waals surface area contributed by atoms with Gasteiger partial charge in [0.1, 0.15) is 5.82 Å². The number of imidazole rings is 1. The van der Waals surface area contributed by atoms with Crippen LogP contribution in [0.5, 0.6) is 0 Å². The standard InChI is InChI=1S/C23H36N4/c1-4-5-8-17(2)18(3)26-13-11-20(12-14-26)27-22-10-7-6-9-21(22)25-23(27)19-15-24-16-19/h6-7,9-10,17-20,24H,4-5,8,11-16H2,1-3H3/t17?,18-/m0/s1. The van der Waals surface area contributed by atoms with Gasteiger partial charge in [-0.15, -0.1) is 0 Å². The van der Waals surface area contributed by atoms with E-state index in [-0.39, 0.29) is 0 Å². The lowest BCUT2D eigenvalue weighted by Crippen LogP contribution is -2.45. The van der Waals surface area contributed by atoms with Gasteiger partial charge in [-0.05, 0) is 44.2 Å². The first-order chi connectivity index (χ1) is 13.2. The Kier molecular flexibility index (Phi) is 5.84. The molecular weight excluding hydrogens is 332 g/mol. The molecule has 0 amide bonds. The Balaban J connectivity index is 1.48. The van der Waals surface area contributed by atoms with Crippen LogP contribution < -0.4 is 5.32 Å². The number of hydrogen-bond acceptors (Lipinski definition) is 3. The molecule has 0 aliphatic carbocycles. The minimum Gasteiger partial charge on any atom is -0.324 e. The molecule has 0 bridgehead atoms. The quantitative estimate of drug-likeness (QED) is 0.777. The number of fused-ring (bicyclic) bond motifs is 1. The number of para-hydroxylation sites is 2. The Labute approximate surface area is 164 Å². The molecule has 4 nitrogen and oxygen atoms in total. The molecule has 148 valence electrons. The predicted molar refractivity (Wildman–Crippen MR) is 113 cm³/mol. The smallest absolute Gasteiger partial charge is 0.115 e. The molecule has 4 rings (SSSR count). The largest absolute Gasteiger partial charge is 0.324 e. The molecule has 0 saturated carbocycles. The molecule has 1 N–H and O–H groups in total. The van der Waals surface area contributed by atoms with Gasteiger partial charge in [0.05, 0.1) is 11.0 Å². The molecule has 2 saturated heterocycles. The molecule has 1 unspecified atom stereocenters. The van der Waals surface area contributed by atoms with Crippen LogP contribution in [0.4, 0.5) is 0 Å². The van der Waals surface area contributed by atoms with Crippen LogP contribution in [0.1, 0.15) is 70.7 Å². The highest BCUT2D eigenvalue weighted by Crippen LogP contribution is 2.34. The minimum absolute atomic E-state index is 0.586. The second-order valence-corrected chi connectivity index (χ2v) is 8.81. The normalized spacial score (nSPS) is 22.0. The van der Waals surface area contributed by atoms with Crippen molar-refractivity contribution in [3.8, 4) is 0 Å². The van der Waals surface area contributed by atoms with Crippen molar-refractivity contribution in [2.45, 2.75) is 70.9 Å². The van der Waals surface area contributed by atoms with Crippen LogP contribution in [0.3, 0.4) is 0 Å². The Morgan fingerprint density at radius 2 is 1.89 bits per heavy atom. The fourth-order valence-electron chi connectivity index (χ4n) is 4.88. The molecule has 2 aliphatic rings. The third-order valence-electron chi connectivity index (χ3n) is 7.05. The summed E-state index contributed by atoms with van der Waals surface area (Å²) in [5, 5.41) is 3.42. The molecule has 2 aromatic rings. The maximum absolute atomic E-state index is 5.04. The number of likely N-dealkylation sites (tertiary alicyclic amines) is 1. The first-order valence-corrected chi connectivity index (χ1v) is 11.1. The van der Waals surface area contributed by atoms with Crippen molar-refractivity contribution in [2.24, 2.45) is 5.92 Å². The summed E-state index contributed by atoms with van der Waals surface area (Å²) >= 11 is 0. The van der Waals surface area contributed by atoms with Crippen molar-refractivity contribution in [3.05, 3.63) is 30.1 Å². The van der Waals surface area contributed by atoms with Gasteiger partial charge in [0, 0.05) is 44.2 Å². The van der Waals surface area contributed by atoms with E-state index in [4.69, 9.17) is 4.98 Å². The van der Waals surface area contributed by atoms with Crippen LogP contribution in [0, 0.1) is 5.92 Å². The number of nitrogens with zero attached hydrogens (tertiary/aromatic N) is 3. The number of rotatable bonds is 7. The monoisotopic (exact) mass is 368 g/mol. The van der Waals surface area contributed by atoms with E-state index in [1.165, 1.54) is 62.1 Å². The molecule has 1 aromatic heterocycles. The van der Waals surface area contributed by atoms with Gasteiger partial charge in [0.2, 0.25) is 0 Å². The van der Waals surface area contributed by atoms with Gasteiger partial charge in [-0.25, -0.2) is 4.98 Å². The van der Waals surface area contributed by atoms with Crippen LogP contribution in [-0.4, -0.2) is 46.7 Å². The fraction of sp³-hybridized carbons (Fsp3) is 0.696. The van der Waals surface area contributed by atoms with E-state index in [9.17, 15) is 0 Å².